The lowest BCUT2D eigenvalue weighted by molar-refractivity contribution is 0.112. The van der Waals surface area contributed by atoms with Gasteiger partial charge in [0.15, 0.2) is 6.29 Å². The molecule has 0 atom stereocenters. The maximum Gasteiger partial charge on any atom is 0.489 e. The van der Waals surface area contributed by atoms with E-state index in [0.29, 0.717) is 6.29 Å². The third kappa shape index (κ3) is 1.91. The number of halogens is 1. The molecular weight excluding hydrogens is 190 g/mol. The summed E-state index contributed by atoms with van der Waals surface area (Å²) in [6, 6.07) is 3.10. The van der Waals surface area contributed by atoms with E-state index in [1.165, 1.54) is 6.07 Å². The van der Waals surface area contributed by atoms with Crippen molar-refractivity contribution in [3.05, 3.63) is 28.3 Å². The second kappa shape index (κ2) is 3.92. The second-order valence-electron chi connectivity index (χ2n) is 2.69. The van der Waals surface area contributed by atoms with Gasteiger partial charge >= 0.3 is 7.12 Å². The second-order valence-corrected chi connectivity index (χ2v) is 3.07. The van der Waals surface area contributed by atoms with Crippen LogP contribution in [0.3, 0.4) is 0 Å². The Labute approximate surface area is 81.1 Å². The Kier molecular flexibility index (Phi) is 3.09. The smallest absolute Gasteiger partial charge is 0.423 e. The van der Waals surface area contributed by atoms with Crippen LogP contribution >= 0.6 is 11.6 Å². The van der Waals surface area contributed by atoms with E-state index in [2.05, 4.69) is 0 Å². The van der Waals surface area contributed by atoms with Crippen molar-refractivity contribution in [3.8, 4) is 0 Å². The van der Waals surface area contributed by atoms with Gasteiger partial charge in [0.2, 0.25) is 0 Å². The van der Waals surface area contributed by atoms with E-state index in [1.807, 2.05) is 0 Å². The van der Waals surface area contributed by atoms with Crippen LogP contribution in [0.5, 0.6) is 0 Å². The van der Waals surface area contributed by atoms with E-state index < -0.39 is 7.12 Å². The highest BCUT2D eigenvalue weighted by Gasteiger charge is 2.18. The van der Waals surface area contributed by atoms with E-state index in [9.17, 15) is 4.79 Å². The molecule has 3 nitrogen and oxygen atoms in total. The maximum absolute atomic E-state index is 10.6. The van der Waals surface area contributed by atoms with Crippen molar-refractivity contribution in [3.63, 3.8) is 0 Å². The Morgan fingerprint density at radius 3 is 2.54 bits per heavy atom. The SMILES string of the molecule is Cc1ccc(B(O)O)c(C=O)c1Cl. The molecule has 68 valence electrons. The first-order valence-electron chi connectivity index (χ1n) is 3.68. The molecule has 1 aromatic carbocycles. The average Bonchev–Trinajstić information content (AvgIpc) is 2.09. The van der Waals surface area contributed by atoms with Crippen LogP contribution < -0.4 is 5.46 Å². The number of hydrogen-bond acceptors (Lipinski definition) is 3. The first-order chi connectivity index (χ1) is 6.07. The Balaban J connectivity index is 3.38. The molecule has 13 heavy (non-hydrogen) atoms. The van der Waals surface area contributed by atoms with Crippen molar-refractivity contribution in [2.45, 2.75) is 6.92 Å². The van der Waals surface area contributed by atoms with Crippen LogP contribution in [0.15, 0.2) is 12.1 Å². The summed E-state index contributed by atoms with van der Waals surface area (Å²) < 4.78 is 0. The van der Waals surface area contributed by atoms with E-state index in [0.717, 1.165) is 5.56 Å². The van der Waals surface area contributed by atoms with Gasteiger partial charge < -0.3 is 10.0 Å². The fraction of sp³-hybridized carbons (Fsp3) is 0.125. The molecule has 0 fully saturated rings. The number of carbonyl (C=O) groups is 1. The Morgan fingerprint density at radius 2 is 2.08 bits per heavy atom. The lowest BCUT2D eigenvalue weighted by Crippen LogP contribution is -2.33. The summed E-state index contributed by atoms with van der Waals surface area (Å²) in [6.07, 6.45) is 0.518. The predicted octanol–water partition coefficient (Wildman–Crippen LogP) is 0.141. The van der Waals surface area contributed by atoms with Crippen molar-refractivity contribution in [2.75, 3.05) is 0 Å². The number of carbonyl (C=O) groups excluding carboxylic acids is 1. The standard InChI is InChI=1S/C8H8BClO3/c1-5-2-3-7(9(12)13)6(4-11)8(5)10/h2-4,12-13H,1H3. The van der Waals surface area contributed by atoms with Crippen LogP contribution in [-0.4, -0.2) is 23.5 Å². The zero-order chi connectivity index (χ0) is 10.0. The molecule has 0 spiro atoms. The van der Waals surface area contributed by atoms with Crippen LogP contribution in [0.1, 0.15) is 15.9 Å². The van der Waals surface area contributed by atoms with Crippen molar-refractivity contribution >= 4 is 30.5 Å². The molecule has 0 aromatic heterocycles. The van der Waals surface area contributed by atoms with Gasteiger partial charge in [0.1, 0.15) is 0 Å². The monoisotopic (exact) mass is 198 g/mol. The minimum Gasteiger partial charge on any atom is -0.423 e. The number of rotatable bonds is 2. The van der Waals surface area contributed by atoms with Gasteiger partial charge in [-0.2, -0.15) is 0 Å². The minimum atomic E-state index is -1.67. The molecule has 0 radical (unpaired) electrons. The lowest BCUT2D eigenvalue weighted by atomic mass is 9.77. The van der Waals surface area contributed by atoms with Gasteiger partial charge in [0.25, 0.3) is 0 Å². The fourth-order valence-electron chi connectivity index (χ4n) is 1.06. The maximum atomic E-state index is 10.6. The summed E-state index contributed by atoms with van der Waals surface area (Å²) in [6.45, 7) is 1.74. The van der Waals surface area contributed by atoms with Gasteiger partial charge in [-0.1, -0.05) is 23.7 Å². The third-order valence-electron chi connectivity index (χ3n) is 1.80. The zero-order valence-electron chi connectivity index (χ0n) is 6.99. The van der Waals surface area contributed by atoms with E-state index in [1.54, 1.807) is 13.0 Å². The van der Waals surface area contributed by atoms with Crippen molar-refractivity contribution < 1.29 is 14.8 Å². The first-order valence-corrected chi connectivity index (χ1v) is 4.06. The molecule has 0 unspecified atom stereocenters. The lowest BCUT2D eigenvalue weighted by Gasteiger charge is -2.07. The fourth-order valence-corrected chi connectivity index (χ4v) is 1.28. The Morgan fingerprint density at radius 1 is 1.46 bits per heavy atom. The number of benzene rings is 1. The topological polar surface area (TPSA) is 57.5 Å². The summed E-state index contributed by atoms with van der Waals surface area (Å²) >= 11 is 5.79. The van der Waals surface area contributed by atoms with Crippen molar-refractivity contribution in [1.29, 1.82) is 0 Å². The van der Waals surface area contributed by atoms with Crippen molar-refractivity contribution in [2.24, 2.45) is 0 Å². The van der Waals surface area contributed by atoms with Gasteiger partial charge in [-0.3, -0.25) is 4.79 Å². The molecule has 1 aromatic rings. The van der Waals surface area contributed by atoms with Crippen LogP contribution in [-0.2, 0) is 0 Å². The van der Waals surface area contributed by atoms with Gasteiger partial charge in [-0.05, 0) is 17.9 Å². The van der Waals surface area contributed by atoms with Gasteiger partial charge in [0.05, 0.1) is 5.02 Å². The summed E-state index contributed by atoms with van der Waals surface area (Å²) in [5, 5.41) is 18.0. The number of aryl methyl sites for hydroxylation is 1. The molecule has 0 saturated heterocycles. The van der Waals surface area contributed by atoms with Gasteiger partial charge in [-0.15, -0.1) is 0 Å². The molecule has 0 heterocycles. The van der Waals surface area contributed by atoms with Crippen LogP contribution in [0.25, 0.3) is 0 Å². The van der Waals surface area contributed by atoms with Crippen LogP contribution in [0, 0.1) is 6.92 Å². The van der Waals surface area contributed by atoms with Crippen LogP contribution in [0.2, 0.25) is 5.02 Å². The van der Waals surface area contributed by atoms with Gasteiger partial charge in [-0.25, -0.2) is 0 Å². The quantitative estimate of drug-likeness (QED) is 0.525. The van der Waals surface area contributed by atoms with E-state index >= 15 is 0 Å². The minimum absolute atomic E-state index is 0.130. The normalized spacial score (nSPS) is 9.85. The molecule has 2 N–H and O–H groups in total. The van der Waals surface area contributed by atoms with E-state index in [-0.39, 0.29) is 16.0 Å². The van der Waals surface area contributed by atoms with E-state index in [4.69, 9.17) is 21.6 Å². The zero-order valence-corrected chi connectivity index (χ0v) is 7.75. The number of hydrogen-bond donors (Lipinski definition) is 2. The first kappa shape index (κ1) is 10.2. The molecule has 0 aliphatic rings. The molecule has 5 heteroatoms. The summed E-state index contributed by atoms with van der Waals surface area (Å²) in [4.78, 5) is 10.6. The molecule has 0 amide bonds. The largest absolute Gasteiger partial charge is 0.489 e. The molecule has 0 aliphatic carbocycles. The molecule has 1 rings (SSSR count). The molecule has 0 aliphatic heterocycles. The Hall–Kier alpha value is -0.835. The summed E-state index contributed by atoms with van der Waals surface area (Å²) in [5.41, 5.74) is 0.996. The highest BCUT2D eigenvalue weighted by atomic mass is 35.5. The Bertz CT molecular complexity index is 338. The van der Waals surface area contributed by atoms with Crippen LogP contribution in [0.4, 0.5) is 0 Å². The molecule has 0 saturated carbocycles. The third-order valence-corrected chi connectivity index (χ3v) is 2.30. The highest BCUT2D eigenvalue weighted by molar-refractivity contribution is 6.60. The van der Waals surface area contributed by atoms with Crippen molar-refractivity contribution in [1.82, 2.24) is 0 Å². The summed E-state index contributed by atoms with van der Waals surface area (Å²) in [7, 11) is -1.67. The number of aldehydes is 1. The summed E-state index contributed by atoms with van der Waals surface area (Å²) in [5.74, 6) is 0. The molecule has 0 bridgehead atoms. The predicted molar refractivity (Wildman–Crippen MR) is 51.4 cm³/mol. The molecular formula is C8H8BClO3. The highest BCUT2D eigenvalue weighted by Crippen LogP contribution is 2.17. The average molecular weight is 198 g/mol. The van der Waals surface area contributed by atoms with Gasteiger partial charge in [0, 0.05) is 5.56 Å².